The van der Waals surface area contributed by atoms with Crippen molar-refractivity contribution >= 4 is 22.3 Å². The minimum absolute atomic E-state index is 0.197. The Labute approximate surface area is 206 Å². The van der Waals surface area contributed by atoms with Gasteiger partial charge in [0.15, 0.2) is 5.65 Å². The largest absolute Gasteiger partial charge is 0.383 e. The first-order chi connectivity index (χ1) is 17.0. The number of hydrogen-bond acceptors (Lipinski definition) is 7. The van der Waals surface area contributed by atoms with Gasteiger partial charge in [-0.1, -0.05) is 36.4 Å². The summed E-state index contributed by atoms with van der Waals surface area (Å²) in [5.41, 5.74) is 17.9. The number of piperidine rings is 1. The number of aromatic nitrogens is 4. The van der Waals surface area contributed by atoms with Crippen molar-refractivity contribution in [3.05, 3.63) is 60.6 Å². The van der Waals surface area contributed by atoms with Crippen molar-refractivity contribution in [2.45, 2.75) is 48.6 Å². The van der Waals surface area contributed by atoms with Crippen molar-refractivity contribution in [1.82, 2.24) is 24.5 Å². The normalized spacial score (nSPS) is 23.1. The Balaban J connectivity index is 1.43. The Morgan fingerprint density at radius 3 is 2.40 bits per heavy atom. The molecule has 0 spiro atoms. The quantitative estimate of drug-likeness (QED) is 0.443. The van der Waals surface area contributed by atoms with E-state index in [4.69, 9.17) is 16.5 Å². The molecule has 4 atom stereocenters. The molecule has 1 aromatic carbocycles. The van der Waals surface area contributed by atoms with Crippen molar-refractivity contribution in [3.63, 3.8) is 0 Å². The fourth-order valence-electron chi connectivity index (χ4n) is 5.92. The molecular weight excluding hydrogens is 458 g/mol. The number of rotatable bonds is 5. The van der Waals surface area contributed by atoms with Crippen LogP contribution in [0.4, 0.5) is 5.82 Å². The van der Waals surface area contributed by atoms with Crippen LogP contribution in [-0.4, -0.2) is 53.7 Å². The summed E-state index contributed by atoms with van der Waals surface area (Å²) in [6.07, 6.45) is 9.50. The maximum absolute atomic E-state index is 12.8. The zero-order valence-corrected chi connectivity index (χ0v) is 20.5. The molecule has 4 N–H and O–H groups in total. The van der Waals surface area contributed by atoms with Gasteiger partial charge in [0, 0.05) is 53.8 Å². The van der Waals surface area contributed by atoms with E-state index in [2.05, 4.69) is 15.0 Å². The average molecular weight is 488 g/mol. The summed E-state index contributed by atoms with van der Waals surface area (Å²) in [5, 5.41) is 4.51. The highest BCUT2D eigenvalue weighted by Crippen LogP contribution is 2.44. The van der Waals surface area contributed by atoms with Gasteiger partial charge in [-0.25, -0.2) is 4.98 Å². The number of anilines is 1. The average Bonchev–Trinajstić information content (AvgIpc) is 3.41. The molecular formula is C26H29N7OS. The molecule has 35 heavy (non-hydrogen) atoms. The molecule has 2 aliphatic heterocycles. The van der Waals surface area contributed by atoms with Gasteiger partial charge < -0.3 is 11.5 Å². The molecule has 0 radical (unpaired) electrons. The zero-order chi connectivity index (χ0) is 24.1. The number of nitrogen functional groups attached to an aromatic ring is 1. The molecule has 0 saturated carbocycles. The van der Waals surface area contributed by atoms with Gasteiger partial charge in [-0.05, 0) is 31.7 Å². The minimum atomic E-state index is -1.28. The van der Waals surface area contributed by atoms with Crippen LogP contribution in [0.25, 0.3) is 28.0 Å². The predicted molar refractivity (Wildman–Crippen MR) is 138 cm³/mol. The lowest BCUT2D eigenvalue weighted by atomic mass is 9.88. The van der Waals surface area contributed by atoms with Gasteiger partial charge in [0.05, 0.1) is 28.4 Å². The number of pyridine rings is 1. The third kappa shape index (κ3) is 3.74. The maximum Gasteiger partial charge on any atom is 0.165 e. The molecule has 3 unspecified atom stereocenters. The zero-order valence-electron chi connectivity index (χ0n) is 19.7. The van der Waals surface area contributed by atoms with Gasteiger partial charge in [-0.2, -0.15) is 9.61 Å². The molecule has 180 valence electrons. The second-order valence-electron chi connectivity index (χ2n) is 9.51. The van der Waals surface area contributed by atoms with Crippen LogP contribution in [0.5, 0.6) is 0 Å². The number of benzene rings is 1. The van der Waals surface area contributed by atoms with Crippen LogP contribution >= 0.6 is 0 Å². The van der Waals surface area contributed by atoms with Gasteiger partial charge >= 0.3 is 0 Å². The summed E-state index contributed by atoms with van der Waals surface area (Å²) >= 11 is 0. The Morgan fingerprint density at radius 2 is 1.77 bits per heavy atom. The summed E-state index contributed by atoms with van der Waals surface area (Å²) in [4.78, 5) is 12.8. The first-order valence-electron chi connectivity index (χ1n) is 12.0. The van der Waals surface area contributed by atoms with Crippen molar-refractivity contribution in [2.75, 3.05) is 18.7 Å². The first-order valence-corrected chi connectivity index (χ1v) is 13.6. The molecule has 0 aliphatic carbocycles. The van der Waals surface area contributed by atoms with Crippen LogP contribution in [0.3, 0.4) is 0 Å². The van der Waals surface area contributed by atoms with Crippen LogP contribution < -0.4 is 11.5 Å². The Bertz CT molecular complexity index is 1390. The molecule has 2 bridgehead atoms. The third-order valence-corrected chi connectivity index (χ3v) is 8.57. The lowest BCUT2D eigenvalue weighted by Crippen LogP contribution is -2.45. The monoisotopic (exact) mass is 487 g/mol. The van der Waals surface area contributed by atoms with Crippen LogP contribution in [0.2, 0.25) is 0 Å². The molecule has 4 aromatic rings. The van der Waals surface area contributed by atoms with E-state index in [0.29, 0.717) is 35.1 Å². The van der Waals surface area contributed by atoms with Crippen LogP contribution in [-0.2, 0) is 10.8 Å². The lowest BCUT2D eigenvalue weighted by molar-refractivity contribution is 0.128. The van der Waals surface area contributed by atoms with Crippen molar-refractivity contribution < 1.29 is 4.21 Å². The topological polar surface area (TPSA) is 115 Å². The molecule has 0 amide bonds. The van der Waals surface area contributed by atoms with Crippen LogP contribution in [0.1, 0.15) is 37.3 Å². The van der Waals surface area contributed by atoms with E-state index in [0.717, 1.165) is 53.8 Å². The van der Waals surface area contributed by atoms with E-state index in [-0.39, 0.29) is 5.92 Å². The van der Waals surface area contributed by atoms with Gasteiger partial charge in [0.2, 0.25) is 0 Å². The fourth-order valence-corrected chi connectivity index (χ4v) is 6.81. The summed E-state index contributed by atoms with van der Waals surface area (Å²) < 4.78 is 14.4. The van der Waals surface area contributed by atoms with E-state index in [1.165, 1.54) is 0 Å². The number of nitrogens with zero attached hydrogens (tertiary/aromatic N) is 5. The summed E-state index contributed by atoms with van der Waals surface area (Å²) in [5.74, 6) is 0.599. The Hall–Kier alpha value is -3.14. The van der Waals surface area contributed by atoms with E-state index in [9.17, 15) is 4.21 Å². The third-order valence-electron chi connectivity index (χ3n) is 7.58. The number of hydrogen-bond donors (Lipinski definition) is 2. The van der Waals surface area contributed by atoms with Gasteiger partial charge in [-0.15, -0.1) is 0 Å². The highest BCUT2D eigenvalue weighted by atomic mass is 32.2. The van der Waals surface area contributed by atoms with E-state index < -0.39 is 10.8 Å². The number of fused-ring (bicyclic) bond motifs is 3. The molecule has 2 aliphatic rings. The molecule has 8 nitrogen and oxygen atoms in total. The van der Waals surface area contributed by atoms with Crippen molar-refractivity contribution in [3.8, 4) is 22.4 Å². The predicted octanol–water partition coefficient (Wildman–Crippen LogP) is 3.40. The highest BCUT2D eigenvalue weighted by molar-refractivity contribution is 7.84. The van der Waals surface area contributed by atoms with Gasteiger partial charge in [0.25, 0.3) is 0 Å². The molecule has 5 heterocycles. The standard InChI is InChI=1S/C26H29N7OS/c1-35(34)24-23(18-11-19-8-9-20(12-18)32(19)15-27)31-26-21(14-30-33(26)25(24)28)17-7-10-22(29-13-17)16-5-3-2-4-6-16/h2-7,10,13-14,18-20H,8-9,11-12,15,27-28H2,1H3/t18?,19-,20?,35?/m0/s1. The Morgan fingerprint density at radius 1 is 1.03 bits per heavy atom. The lowest BCUT2D eigenvalue weighted by Gasteiger charge is -2.38. The van der Waals surface area contributed by atoms with Gasteiger partial charge in [-0.3, -0.25) is 14.1 Å². The summed E-state index contributed by atoms with van der Waals surface area (Å²) in [6.45, 7) is 0.585. The van der Waals surface area contributed by atoms with Crippen molar-refractivity contribution in [1.29, 1.82) is 0 Å². The highest BCUT2D eigenvalue weighted by Gasteiger charge is 2.42. The van der Waals surface area contributed by atoms with E-state index >= 15 is 0 Å². The van der Waals surface area contributed by atoms with Crippen LogP contribution in [0.15, 0.2) is 59.8 Å². The molecule has 2 fully saturated rings. The number of nitrogens with two attached hydrogens (primary N) is 2. The maximum atomic E-state index is 12.8. The summed E-state index contributed by atoms with van der Waals surface area (Å²) in [7, 11) is -1.28. The second kappa shape index (κ2) is 8.82. The van der Waals surface area contributed by atoms with Gasteiger partial charge in [0.1, 0.15) is 10.7 Å². The SMILES string of the molecule is CS(=O)c1c(C2CC3CC[C@@H](C2)N3CN)nc2c(-c3ccc(-c4ccccc4)nc3)cnn2c1N. The fraction of sp³-hybridized carbons (Fsp3) is 0.346. The summed E-state index contributed by atoms with van der Waals surface area (Å²) in [6, 6.07) is 15.0. The second-order valence-corrected chi connectivity index (χ2v) is 10.8. The molecule has 6 rings (SSSR count). The Kier molecular flexibility index (Phi) is 5.63. The minimum Gasteiger partial charge on any atom is -0.383 e. The van der Waals surface area contributed by atoms with Crippen molar-refractivity contribution in [2.24, 2.45) is 5.73 Å². The molecule has 9 heteroatoms. The molecule has 2 saturated heterocycles. The first kappa shape index (κ1) is 22.3. The van der Waals surface area contributed by atoms with Crippen LogP contribution in [0, 0.1) is 0 Å². The van der Waals surface area contributed by atoms with E-state index in [1.54, 1.807) is 17.0 Å². The smallest absolute Gasteiger partial charge is 0.165 e. The van der Waals surface area contributed by atoms with E-state index in [1.807, 2.05) is 48.7 Å². The molecule has 3 aromatic heterocycles.